The van der Waals surface area contributed by atoms with E-state index in [1.165, 1.54) is 16.7 Å². The molecule has 2 heteroatoms. The zero-order chi connectivity index (χ0) is 12.0. The van der Waals surface area contributed by atoms with Crippen LogP contribution in [0.3, 0.4) is 0 Å². The van der Waals surface area contributed by atoms with Crippen LogP contribution in [0, 0.1) is 13.8 Å². The van der Waals surface area contributed by atoms with E-state index in [2.05, 4.69) is 45.9 Å². The standard InChI is InChI=1S/C14H22OS/c1-11(2)15-5-6-16-10-14-8-12(3)7-13(4)9-14/h7-9,11H,5-6,10H2,1-4H3. The average molecular weight is 238 g/mol. The van der Waals surface area contributed by atoms with Crippen molar-refractivity contribution >= 4 is 11.8 Å². The second-order valence-corrected chi connectivity index (χ2v) is 5.57. The molecule has 0 saturated heterocycles. The largest absolute Gasteiger partial charge is 0.378 e. The molecule has 0 N–H and O–H groups in total. The van der Waals surface area contributed by atoms with Crippen LogP contribution in [0.1, 0.15) is 30.5 Å². The molecule has 0 aliphatic heterocycles. The van der Waals surface area contributed by atoms with Crippen LogP contribution in [0.5, 0.6) is 0 Å². The molecule has 0 atom stereocenters. The molecule has 0 spiro atoms. The van der Waals surface area contributed by atoms with E-state index in [0.29, 0.717) is 6.10 Å². The lowest BCUT2D eigenvalue weighted by molar-refractivity contribution is 0.0920. The van der Waals surface area contributed by atoms with Gasteiger partial charge in [-0.1, -0.05) is 29.3 Å². The van der Waals surface area contributed by atoms with Crippen LogP contribution in [-0.4, -0.2) is 18.5 Å². The smallest absolute Gasteiger partial charge is 0.0560 e. The van der Waals surface area contributed by atoms with Gasteiger partial charge in [0.15, 0.2) is 0 Å². The van der Waals surface area contributed by atoms with Crippen LogP contribution in [0.4, 0.5) is 0 Å². The van der Waals surface area contributed by atoms with Gasteiger partial charge in [0.25, 0.3) is 0 Å². The maximum Gasteiger partial charge on any atom is 0.0560 e. The number of ether oxygens (including phenoxy) is 1. The molecule has 0 unspecified atom stereocenters. The third kappa shape index (κ3) is 5.57. The van der Waals surface area contributed by atoms with Gasteiger partial charge in [0.05, 0.1) is 12.7 Å². The minimum absolute atomic E-state index is 0.349. The van der Waals surface area contributed by atoms with E-state index in [4.69, 9.17) is 4.74 Å². The van der Waals surface area contributed by atoms with Gasteiger partial charge in [-0.05, 0) is 33.3 Å². The summed E-state index contributed by atoms with van der Waals surface area (Å²) >= 11 is 1.94. The highest BCUT2D eigenvalue weighted by atomic mass is 32.2. The minimum atomic E-state index is 0.349. The Labute approximate surface area is 104 Å². The van der Waals surface area contributed by atoms with E-state index in [9.17, 15) is 0 Å². The molecule has 1 rings (SSSR count). The summed E-state index contributed by atoms with van der Waals surface area (Å²) in [5.74, 6) is 2.16. The van der Waals surface area contributed by atoms with Crippen LogP contribution >= 0.6 is 11.8 Å². The Morgan fingerprint density at radius 2 is 1.75 bits per heavy atom. The average Bonchev–Trinajstić information content (AvgIpc) is 2.15. The van der Waals surface area contributed by atoms with Gasteiger partial charge in [-0.2, -0.15) is 11.8 Å². The van der Waals surface area contributed by atoms with Crippen molar-refractivity contribution < 1.29 is 4.74 Å². The highest BCUT2D eigenvalue weighted by Crippen LogP contribution is 2.15. The predicted molar refractivity (Wildman–Crippen MR) is 73.2 cm³/mol. The minimum Gasteiger partial charge on any atom is -0.378 e. The summed E-state index contributed by atoms with van der Waals surface area (Å²) in [5.41, 5.74) is 4.13. The first kappa shape index (κ1) is 13.6. The van der Waals surface area contributed by atoms with Crippen LogP contribution in [0.2, 0.25) is 0 Å². The fraction of sp³-hybridized carbons (Fsp3) is 0.571. The van der Waals surface area contributed by atoms with Gasteiger partial charge in [0, 0.05) is 11.5 Å². The second-order valence-electron chi connectivity index (χ2n) is 4.47. The van der Waals surface area contributed by atoms with Gasteiger partial charge >= 0.3 is 0 Å². The van der Waals surface area contributed by atoms with E-state index in [-0.39, 0.29) is 0 Å². The zero-order valence-electron chi connectivity index (χ0n) is 10.7. The Morgan fingerprint density at radius 1 is 1.12 bits per heavy atom. The molecule has 1 nitrogen and oxygen atoms in total. The summed E-state index contributed by atoms with van der Waals surface area (Å²) < 4.78 is 5.51. The molecule has 0 aromatic heterocycles. The fourth-order valence-electron chi connectivity index (χ4n) is 1.69. The van der Waals surface area contributed by atoms with E-state index >= 15 is 0 Å². The molecule has 90 valence electrons. The molecule has 0 aliphatic carbocycles. The van der Waals surface area contributed by atoms with Crippen molar-refractivity contribution in [2.45, 2.75) is 39.6 Å². The summed E-state index contributed by atoms with van der Waals surface area (Å²) in [4.78, 5) is 0. The lowest BCUT2D eigenvalue weighted by Gasteiger charge is -2.08. The van der Waals surface area contributed by atoms with Crippen molar-refractivity contribution in [3.05, 3.63) is 34.9 Å². The molecule has 0 amide bonds. The second kappa shape index (κ2) is 6.97. The van der Waals surface area contributed by atoms with Gasteiger partial charge in [-0.3, -0.25) is 0 Å². The fourth-order valence-corrected chi connectivity index (χ4v) is 2.45. The van der Waals surface area contributed by atoms with Gasteiger partial charge in [-0.25, -0.2) is 0 Å². The first-order valence-electron chi connectivity index (χ1n) is 5.84. The van der Waals surface area contributed by atoms with E-state index < -0.39 is 0 Å². The zero-order valence-corrected chi connectivity index (χ0v) is 11.6. The topological polar surface area (TPSA) is 9.23 Å². The molecule has 0 heterocycles. The van der Waals surface area contributed by atoms with Gasteiger partial charge in [-0.15, -0.1) is 0 Å². The lowest BCUT2D eigenvalue weighted by atomic mass is 10.1. The van der Waals surface area contributed by atoms with Gasteiger partial charge < -0.3 is 4.74 Å². The number of hydrogen-bond acceptors (Lipinski definition) is 2. The summed E-state index contributed by atoms with van der Waals surface area (Å²) in [7, 11) is 0. The number of benzene rings is 1. The van der Waals surface area contributed by atoms with Crippen LogP contribution < -0.4 is 0 Å². The van der Waals surface area contributed by atoms with E-state index in [1.54, 1.807) is 0 Å². The van der Waals surface area contributed by atoms with Crippen molar-refractivity contribution in [2.24, 2.45) is 0 Å². The van der Waals surface area contributed by atoms with Gasteiger partial charge in [0.1, 0.15) is 0 Å². The van der Waals surface area contributed by atoms with Crippen molar-refractivity contribution in [2.75, 3.05) is 12.4 Å². The maximum absolute atomic E-state index is 5.51. The molecule has 0 radical (unpaired) electrons. The van der Waals surface area contributed by atoms with Crippen molar-refractivity contribution in [1.82, 2.24) is 0 Å². The third-order valence-electron chi connectivity index (χ3n) is 2.23. The Morgan fingerprint density at radius 3 is 2.31 bits per heavy atom. The Balaban J connectivity index is 2.26. The molecule has 1 aromatic carbocycles. The van der Waals surface area contributed by atoms with Crippen molar-refractivity contribution in [1.29, 1.82) is 0 Å². The molecule has 0 aliphatic rings. The summed E-state index contributed by atoms with van der Waals surface area (Å²) in [5, 5.41) is 0. The number of rotatable bonds is 6. The molecule has 0 saturated carbocycles. The van der Waals surface area contributed by atoms with E-state index in [1.807, 2.05) is 11.8 Å². The molecular weight excluding hydrogens is 216 g/mol. The monoisotopic (exact) mass is 238 g/mol. The first-order valence-corrected chi connectivity index (χ1v) is 7.00. The Bertz CT molecular complexity index is 300. The van der Waals surface area contributed by atoms with Crippen LogP contribution in [0.15, 0.2) is 18.2 Å². The summed E-state index contributed by atoms with van der Waals surface area (Å²) in [6, 6.07) is 6.75. The highest BCUT2D eigenvalue weighted by molar-refractivity contribution is 7.98. The number of thioether (sulfide) groups is 1. The molecular formula is C14H22OS. The predicted octanol–water partition coefficient (Wildman–Crippen LogP) is 3.96. The normalized spacial score (nSPS) is 11.1. The maximum atomic E-state index is 5.51. The molecule has 0 bridgehead atoms. The Kier molecular flexibility index (Phi) is 5.93. The quantitative estimate of drug-likeness (QED) is 0.694. The summed E-state index contributed by atoms with van der Waals surface area (Å²) in [6.45, 7) is 9.32. The molecule has 1 aromatic rings. The third-order valence-corrected chi connectivity index (χ3v) is 3.22. The van der Waals surface area contributed by atoms with E-state index in [0.717, 1.165) is 18.1 Å². The first-order chi connectivity index (χ1) is 7.58. The lowest BCUT2D eigenvalue weighted by Crippen LogP contribution is -2.05. The van der Waals surface area contributed by atoms with Crippen molar-refractivity contribution in [3.8, 4) is 0 Å². The number of aryl methyl sites for hydroxylation is 2. The molecule has 16 heavy (non-hydrogen) atoms. The van der Waals surface area contributed by atoms with Crippen molar-refractivity contribution in [3.63, 3.8) is 0 Å². The van der Waals surface area contributed by atoms with Crippen LogP contribution in [0.25, 0.3) is 0 Å². The number of hydrogen-bond donors (Lipinski definition) is 0. The summed E-state index contributed by atoms with van der Waals surface area (Å²) in [6.07, 6.45) is 0.349. The highest BCUT2D eigenvalue weighted by Gasteiger charge is 1.97. The SMILES string of the molecule is Cc1cc(C)cc(CSCCOC(C)C)c1. The Hall–Kier alpha value is -0.470. The van der Waals surface area contributed by atoms with Gasteiger partial charge in [0.2, 0.25) is 0 Å². The molecule has 0 fully saturated rings. The van der Waals surface area contributed by atoms with Crippen LogP contribution in [-0.2, 0) is 10.5 Å².